The molecule has 1 aliphatic rings. The Bertz CT molecular complexity index is 902. The van der Waals surface area contributed by atoms with Gasteiger partial charge in [0.25, 0.3) is 0 Å². The molecule has 0 amide bonds. The van der Waals surface area contributed by atoms with Crippen molar-refractivity contribution in [2.45, 2.75) is 63.9 Å². The van der Waals surface area contributed by atoms with Crippen LogP contribution in [0.2, 0.25) is 0 Å². The minimum atomic E-state index is -1.58. The molecule has 1 aromatic carbocycles. The van der Waals surface area contributed by atoms with Crippen LogP contribution in [0.3, 0.4) is 0 Å². The molecule has 0 spiro atoms. The summed E-state index contributed by atoms with van der Waals surface area (Å²) in [6.45, 7) is 5.10. The Morgan fingerprint density at radius 3 is 2.48 bits per heavy atom. The molecule has 31 heavy (non-hydrogen) atoms. The lowest BCUT2D eigenvalue weighted by Gasteiger charge is -2.39. The van der Waals surface area contributed by atoms with Crippen LogP contribution in [-0.2, 0) is 11.2 Å². The first-order chi connectivity index (χ1) is 14.7. The number of methoxy groups -OCH3 is 1. The van der Waals surface area contributed by atoms with E-state index in [-0.39, 0.29) is 18.3 Å². The highest BCUT2D eigenvalue weighted by molar-refractivity contribution is 5.39. The van der Waals surface area contributed by atoms with Crippen molar-refractivity contribution in [1.29, 1.82) is 0 Å². The van der Waals surface area contributed by atoms with Gasteiger partial charge in [0.05, 0.1) is 13.7 Å². The average molecular weight is 440 g/mol. The molecule has 3 rings (SSSR count). The molecule has 1 aromatic heterocycles. The second-order valence-electron chi connectivity index (χ2n) is 7.86. The zero-order valence-corrected chi connectivity index (χ0v) is 17.9. The standard InChI is InChI=1S/C21H29FN2O7/c1-10(2)24-11(3)14(7-12-5-6-13(29-4)8-15(12)22)20(23-24)31-21-19(28)18(27)17(26)16(9-25)30-21/h5-6,8,10,16-19,21,25-28H,7,9H2,1-4H3/t16-,17-,18+,19-,21+/m1/s1. The molecule has 1 saturated heterocycles. The van der Waals surface area contributed by atoms with Crippen LogP contribution >= 0.6 is 0 Å². The Kier molecular flexibility index (Phi) is 7.17. The zero-order chi connectivity index (χ0) is 22.9. The van der Waals surface area contributed by atoms with Crippen LogP contribution in [0.15, 0.2) is 18.2 Å². The second kappa shape index (κ2) is 9.49. The van der Waals surface area contributed by atoms with E-state index in [4.69, 9.17) is 14.2 Å². The van der Waals surface area contributed by atoms with Crippen molar-refractivity contribution < 1.29 is 39.0 Å². The van der Waals surface area contributed by atoms with Gasteiger partial charge in [-0.3, -0.25) is 4.68 Å². The van der Waals surface area contributed by atoms with Crippen molar-refractivity contribution in [2.75, 3.05) is 13.7 Å². The quantitative estimate of drug-likeness (QED) is 0.496. The number of halogens is 1. The van der Waals surface area contributed by atoms with Crippen LogP contribution in [0.5, 0.6) is 11.6 Å². The van der Waals surface area contributed by atoms with Gasteiger partial charge in [-0.05, 0) is 32.4 Å². The van der Waals surface area contributed by atoms with E-state index in [0.717, 1.165) is 5.69 Å². The average Bonchev–Trinajstić information content (AvgIpc) is 3.05. The number of hydrogen-bond donors (Lipinski definition) is 4. The van der Waals surface area contributed by atoms with Crippen molar-refractivity contribution in [1.82, 2.24) is 9.78 Å². The highest BCUT2D eigenvalue weighted by Gasteiger charge is 2.45. The fourth-order valence-corrected chi connectivity index (χ4v) is 3.59. The lowest BCUT2D eigenvalue weighted by molar-refractivity contribution is -0.278. The number of ether oxygens (including phenoxy) is 3. The van der Waals surface area contributed by atoms with Crippen LogP contribution in [0, 0.1) is 12.7 Å². The zero-order valence-electron chi connectivity index (χ0n) is 17.9. The molecule has 0 aliphatic carbocycles. The van der Waals surface area contributed by atoms with Crippen LogP contribution in [-0.4, -0.2) is 74.6 Å². The fraction of sp³-hybridized carbons (Fsp3) is 0.571. The number of benzene rings is 1. The van der Waals surface area contributed by atoms with E-state index in [1.807, 2.05) is 20.8 Å². The number of rotatable bonds is 7. The van der Waals surface area contributed by atoms with E-state index in [1.54, 1.807) is 16.8 Å². The molecule has 0 saturated carbocycles. The van der Waals surface area contributed by atoms with E-state index in [9.17, 15) is 24.8 Å². The summed E-state index contributed by atoms with van der Waals surface area (Å²) >= 11 is 0. The molecule has 5 atom stereocenters. The molecule has 1 fully saturated rings. The molecular weight excluding hydrogens is 411 g/mol. The summed E-state index contributed by atoms with van der Waals surface area (Å²) in [5, 5.41) is 44.1. The van der Waals surface area contributed by atoms with Crippen molar-refractivity contribution in [2.24, 2.45) is 0 Å². The third-order valence-corrected chi connectivity index (χ3v) is 5.43. The second-order valence-corrected chi connectivity index (χ2v) is 7.86. The van der Waals surface area contributed by atoms with Gasteiger partial charge < -0.3 is 34.6 Å². The predicted octanol–water partition coefficient (Wildman–Crippen LogP) is 0.690. The summed E-state index contributed by atoms with van der Waals surface area (Å²) < 4.78 is 32.5. The molecule has 0 radical (unpaired) electrons. The monoisotopic (exact) mass is 440 g/mol. The first-order valence-electron chi connectivity index (χ1n) is 10.1. The van der Waals surface area contributed by atoms with Gasteiger partial charge in [0.1, 0.15) is 36.0 Å². The number of nitrogens with zero attached hydrogens (tertiary/aromatic N) is 2. The lowest BCUT2D eigenvalue weighted by atomic mass is 9.99. The van der Waals surface area contributed by atoms with Crippen molar-refractivity contribution >= 4 is 0 Å². The Hall–Kier alpha value is -2.24. The van der Waals surface area contributed by atoms with Crippen LogP contribution in [0.1, 0.15) is 36.7 Å². The van der Waals surface area contributed by atoms with Crippen molar-refractivity contribution in [3.8, 4) is 11.6 Å². The van der Waals surface area contributed by atoms with E-state index in [2.05, 4.69) is 5.10 Å². The molecule has 172 valence electrons. The first kappa shape index (κ1) is 23.4. The smallest absolute Gasteiger partial charge is 0.239 e. The topological polar surface area (TPSA) is 126 Å². The van der Waals surface area contributed by atoms with Crippen molar-refractivity contribution in [3.63, 3.8) is 0 Å². The van der Waals surface area contributed by atoms with Gasteiger partial charge in [-0.15, -0.1) is 5.10 Å². The molecular formula is C21H29FN2O7. The summed E-state index contributed by atoms with van der Waals surface area (Å²) in [5.41, 5.74) is 1.71. The minimum Gasteiger partial charge on any atom is -0.497 e. The van der Waals surface area contributed by atoms with Gasteiger partial charge in [0.2, 0.25) is 12.2 Å². The summed E-state index contributed by atoms with van der Waals surface area (Å²) in [5.74, 6) is 0.0502. The summed E-state index contributed by atoms with van der Waals surface area (Å²) in [6, 6.07) is 4.53. The molecule has 9 nitrogen and oxygen atoms in total. The molecule has 0 bridgehead atoms. The van der Waals surface area contributed by atoms with Crippen LogP contribution in [0.4, 0.5) is 4.39 Å². The normalized spacial score (nSPS) is 26.3. The van der Waals surface area contributed by atoms with Gasteiger partial charge >= 0.3 is 0 Å². The maximum atomic E-state index is 14.6. The number of aromatic nitrogens is 2. The van der Waals surface area contributed by atoms with E-state index in [1.165, 1.54) is 13.2 Å². The van der Waals surface area contributed by atoms with Crippen LogP contribution < -0.4 is 9.47 Å². The Morgan fingerprint density at radius 2 is 1.90 bits per heavy atom. The molecule has 4 N–H and O–H groups in total. The van der Waals surface area contributed by atoms with Gasteiger partial charge in [-0.1, -0.05) is 6.07 Å². The maximum absolute atomic E-state index is 14.6. The van der Waals surface area contributed by atoms with E-state index < -0.39 is 43.1 Å². The summed E-state index contributed by atoms with van der Waals surface area (Å²) in [7, 11) is 1.46. The minimum absolute atomic E-state index is 0.0217. The maximum Gasteiger partial charge on any atom is 0.239 e. The van der Waals surface area contributed by atoms with Crippen LogP contribution in [0.25, 0.3) is 0 Å². The third kappa shape index (κ3) is 4.68. The summed E-state index contributed by atoms with van der Waals surface area (Å²) in [6.07, 6.45) is -6.99. The molecule has 2 heterocycles. The lowest BCUT2D eigenvalue weighted by Crippen LogP contribution is -2.60. The largest absolute Gasteiger partial charge is 0.497 e. The molecule has 10 heteroatoms. The molecule has 2 aromatic rings. The highest BCUT2D eigenvalue weighted by Crippen LogP contribution is 2.31. The Balaban J connectivity index is 1.94. The number of aliphatic hydroxyl groups is 4. The van der Waals surface area contributed by atoms with E-state index >= 15 is 0 Å². The van der Waals surface area contributed by atoms with E-state index in [0.29, 0.717) is 16.9 Å². The van der Waals surface area contributed by atoms with Gasteiger partial charge in [-0.25, -0.2) is 4.39 Å². The van der Waals surface area contributed by atoms with Gasteiger partial charge in [0.15, 0.2) is 0 Å². The summed E-state index contributed by atoms with van der Waals surface area (Å²) in [4.78, 5) is 0. The Morgan fingerprint density at radius 1 is 1.19 bits per heavy atom. The fourth-order valence-electron chi connectivity index (χ4n) is 3.59. The number of hydrogen-bond acceptors (Lipinski definition) is 8. The molecule has 1 aliphatic heterocycles. The van der Waals surface area contributed by atoms with Crippen molar-refractivity contribution in [3.05, 3.63) is 40.8 Å². The third-order valence-electron chi connectivity index (χ3n) is 5.43. The SMILES string of the molecule is COc1ccc(Cc2c(O[C@@H]3O[C@H](CO)[C@@H](O)[C@H](O)[C@H]3O)nn(C(C)C)c2C)c(F)c1. The number of aliphatic hydroxyl groups excluding tert-OH is 4. The predicted molar refractivity (Wildman–Crippen MR) is 108 cm³/mol. The first-order valence-corrected chi connectivity index (χ1v) is 10.1. The van der Waals surface area contributed by atoms with Gasteiger partial charge in [-0.2, -0.15) is 0 Å². The van der Waals surface area contributed by atoms with Gasteiger partial charge in [0, 0.05) is 29.8 Å². The Labute approximate surface area is 179 Å². The highest BCUT2D eigenvalue weighted by atomic mass is 19.1. The molecule has 0 unspecified atom stereocenters.